The lowest BCUT2D eigenvalue weighted by atomic mass is 10.0. The van der Waals surface area contributed by atoms with Crippen LogP contribution in [0.2, 0.25) is 0 Å². The van der Waals surface area contributed by atoms with Gasteiger partial charge in [0.1, 0.15) is 15.7 Å². The molecule has 1 aromatic heterocycles. The Labute approximate surface area is 199 Å². The Morgan fingerprint density at radius 2 is 1.38 bits per heavy atom. The maximum Gasteiger partial charge on any atom is 0.275 e. The highest BCUT2D eigenvalue weighted by molar-refractivity contribution is 7.86. The average Bonchev–Trinajstić information content (AvgIpc) is 2.75. The van der Waals surface area contributed by atoms with E-state index in [1.165, 1.54) is 70.6 Å². The van der Waals surface area contributed by atoms with Crippen LogP contribution in [-0.4, -0.2) is 22.9 Å². The number of H-pyrrole nitrogens is 1. The fourth-order valence-electron chi connectivity index (χ4n) is 4.22. The lowest BCUT2D eigenvalue weighted by Crippen LogP contribution is -2.15. The van der Waals surface area contributed by atoms with Gasteiger partial charge in [-0.05, 0) is 18.6 Å². The molecule has 1 heterocycles. The van der Waals surface area contributed by atoms with E-state index >= 15 is 0 Å². The minimum atomic E-state index is -4.26. The van der Waals surface area contributed by atoms with Crippen molar-refractivity contribution in [1.82, 2.24) is 9.97 Å². The third kappa shape index (κ3) is 9.67. The molecule has 0 aliphatic rings. The van der Waals surface area contributed by atoms with E-state index in [0.29, 0.717) is 11.1 Å². The molecule has 2 N–H and O–H groups in total. The highest BCUT2D eigenvalue weighted by Crippen LogP contribution is 2.27. The number of rotatable bonds is 17. The summed E-state index contributed by atoms with van der Waals surface area (Å²) in [5.74, 6) is 0.228. The van der Waals surface area contributed by atoms with E-state index in [9.17, 15) is 13.0 Å². The zero-order chi connectivity index (χ0) is 23.2. The third-order valence-corrected chi connectivity index (χ3v) is 7.62. The number of aromatic nitrogens is 2. The van der Waals surface area contributed by atoms with Crippen LogP contribution < -0.4 is 0 Å². The van der Waals surface area contributed by atoms with Crippen LogP contribution in [0, 0.1) is 4.64 Å². The number of nitrogens with one attached hydrogen (secondary N) is 1. The predicted octanol–water partition coefficient (Wildman–Crippen LogP) is 8.09. The first-order chi connectivity index (χ1) is 15.4. The quantitative estimate of drug-likeness (QED) is 0.136. The molecule has 180 valence electrons. The van der Waals surface area contributed by atoms with Crippen LogP contribution in [0.15, 0.2) is 24.3 Å². The van der Waals surface area contributed by atoms with Crippen LogP contribution in [0.25, 0.3) is 10.9 Å². The van der Waals surface area contributed by atoms with Crippen LogP contribution in [0.5, 0.6) is 0 Å². The normalized spacial score (nSPS) is 12.9. The van der Waals surface area contributed by atoms with Gasteiger partial charge in [-0.15, -0.1) is 0 Å². The molecule has 5 nitrogen and oxygen atoms in total. The van der Waals surface area contributed by atoms with Gasteiger partial charge in [0.25, 0.3) is 10.1 Å². The van der Waals surface area contributed by atoms with E-state index in [1.54, 1.807) is 0 Å². The molecule has 1 unspecified atom stereocenters. The number of benzene rings is 1. The lowest BCUT2D eigenvalue weighted by molar-refractivity contribution is 0.454. The van der Waals surface area contributed by atoms with Crippen LogP contribution in [0.1, 0.15) is 114 Å². The summed E-state index contributed by atoms with van der Waals surface area (Å²) in [7, 11) is -4.26. The first kappa shape index (κ1) is 26.9. The van der Waals surface area contributed by atoms with Crippen molar-refractivity contribution in [1.29, 1.82) is 0 Å². The van der Waals surface area contributed by atoms with E-state index in [0.717, 1.165) is 30.2 Å². The van der Waals surface area contributed by atoms with Gasteiger partial charge in [0.2, 0.25) is 0 Å². The Hall–Kier alpha value is -1.31. The largest absolute Gasteiger partial charge is 0.342 e. The number of unbranched alkanes of at least 4 members (excludes halogenated alkanes) is 13. The molecule has 0 aliphatic heterocycles. The molecule has 2 aromatic rings. The summed E-state index contributed by atoms with van der Waals surface area (Å²) in [5.41, 5.74) is 0.733. The van der Waals surface area contributed by atoms with Gasteiger partial charge in [-0.3, -0.25) is 4.55 Å². The van der Waals surface area contributed by atoms with Crippen LogP contribution in [-0.2, 0) is 10.1 Å². The molecular weight excluding hydrogens is 440 g/mol. The average molecular weight is 481 g/mol. The van der Waals surface area contributed by atoms with E-state index in [1.807, 2.05) is 24.3 Å². The van der Waals surface area contributed by atoms with Crippen molar-refractivity contribution in [2.75, 3.05) is 0 Å². The van der Waals surface area contributed by atoms with Crippen molar-refractivity contribution in [2.24, 2.45) is 0 Å². The SMILES string of the molecule is CCCCCCCCCCCCCCCCC(c1nc(=S)c2ccccc2[nH]1)S(=O)(=O)O. The van der Waals surface area contributed by atoms with E-state index in [-0.39, 0.29) is 5.82 Å². The summed E-state index contributed by atoms with van der Waals surface area (Å²) in [6.45, 7) is 2.25. The molecule has 0 radical (unpaired) electrons. The van der Waals surface area contributed by atoms with Crippen LogP contribution >= 0.6 is 12.2 Å². The number of fused-ring (bicyclic) bond motifs is 1. The second-order valence-corrected chi connectivity index (χ2v) is 10.8. The molecule has 0 saturated carbocycles. The maximum absolute atomic E-state index is 12.0. The summed E-state index contributed by atoms with van der Waals surface area (Å²) in [5, 5.41) is -0.289. The Bertz CT molecular complexity index is 957. The van der Waals surface area contributed by atoms with E-state index < -0.39 is 15.4 Å². The maximum atomic E-state index is 12.0. The molecule has 0 spiro atoms. The number of hydrogen-bond acceptors (Lipinski definition) is 4. The van der Waals surface area contributed by atoms with E-state index in [2.05, 4.69) is 16.9 Å². The highest BCUT2D eigenvalue weighted by Gasteiger charge is 2.27. The van der Waals surface area contributed by atoms with E-state index in [4.69, 9.17) is 12.2 Å². The minimum absolute atomic E-state index is 0.228. The molecule has 0 aliphatic carbocycles. The standard InChI is InChI=1S/C25H40N2O3S2/c1-2-3-4-5-6-7-8-9-10-11-12-13-14-15-20-23(32(28,29)30)24-26-22-19-17-16-18-21(22)25(31)27-24/h16-19,23H,2-15,20H2,1H3,(H,26,27,31)(H,28,29,30). The molecule has 0 amide bonds. The first-order valence-electron chi connectivity index (χ1n) is 12.4. The number of hydrogen-bond donors (Lipinski definition) is 2. The Morgan fingerprint density at radius 1 is 0.875 bits per heavy atom. The van der Waals surface area contributed by atoms with Crippen LogP contribution in [0.3, 0.4) is 0 Å². The zero-order valence-electron chi connectivity index (χ0n) is 19.5. The van der Waals surface area contributed by atoms with Crippen molar-refractivity contribution in [3.63, 3.8) is 0 Å². The summed E-state index contributed by atoms with van der Waals surface area (Å²) in [6.07, 6.45) is 17.7. The minimum Gasteiger partial charge on any atom is -0.342 e. The second-order valence-electron chi connectivity index (χ2n) is 8.86. The third-order valence-electron chi connectivity index (χ3n) is 6.13. The molecule has 1 atom stereocenters. The molecular formula is C25H40N2O3S2. The fraction of sp³-hybridized carbons (Fsp3) is 0.680. The predicted molar refractivity (Wildman–Crippen MR) is 136 cm³/mol. The smallest absolute Gasteiger partial charge is 0.275 e. The number of para-hydroxylation sites is 1. The van der Waals surface area contributed by atoms with Gasteiger partial charge >= 0.3 is 0 Å². The van der Waals surface area contributed by atoms with Crippen LogP contribution in [0.4, 0.5) is 0 Å². The van der Waals surface area contributed by atoms with Crippen molar-refractivity contribution in [2.45, 2.75) is 108 Å². The molecule has 2 rings (SSSR count). The summed E-state index contributed by atoms with van der Waals surface area (Å²) >= 11 is 5.32. The number of aromatic amines is 1. The topological polar surface area (TPSA) is 83.0 Å². The van der Waals surface area contributed by atoms with Crippen molar-refractivity contribution < 1.29 is 13.0 Å². The second kappa shape index (κ2) is 14.8. The summed E-state index contributed by atoms with van der Waals surface area (Å²) in [4.78, 5) is 7.33. The number of nitrogens with zero attached hydrogens (tertiary/aromatic N) is 1. The summed E-state index contributed by atoms with van der Waals surface area (Å²) < 4.78 is 34.1. The molecule has 7 heteroatoms. The van der Waals surface area contributed by atoms with Gasteiger partial charge in [-0.2, -0.15) is 8.42 Å². The molecule has 0 saturated heterocycles. The Balaban J connectivity index is 1.67. The van der Waals surface area contributed by atoms with Crippen molar-refractivity contribution in [3.8, 4) is 0 Å². The highest BCUT2D eigenvalue weighted by atomic mass is 32.2. The Kier molecular flexibility index (Phi) is 12.4. The summed E-state index contributed by atoms with van der Waals surface area (Å²) in [6, 6.07) is 7.40. The van der Waals surface area contributed by atoms with Crippen molar-refractivity contribution in [3.05, 3.63) is 34.7 Å². The monoisotopic (exact) mass is 480 g/mol. The molecule has 1 aromatic carbocycles. The van der Waals surface area contributed by atoms with Gasteiger partial charge in [-0.25, -0.2) is 4.98 Å². The van der Waals surface area contributed by atoms with Gasteiger partial charge < -0.3 is 4.98 Å². The van der Waals surface area contributed by atoms with Gasteiger partial charge in [-0.1, -0.05) is 121 Å². The molecule has 0 bridgehead atoms. The molecule has 0 fully saturated rings. The zero-order valence-corrected chi connectivity index (χ0v) is 21.2. The van der Waals surface area contributed by atoms with Gasteiger partial charge in [0.15, 0.2) is 0 Å². The lowest BCUT2D eigenvalue weighted by Gasteiger charge is -2.14. The Morgan fingerprint density at radius 3 is 1.91 bits per heavy atom. The molecule has 32 heavy (non-hydrogen) atoms. The van der Waals surface area contributed by atoms with Crippen molar-refractivity contribution >= 4 is 33.2 Å². The van der Waals surface area contributed by atoms with Gasteiger partial charge in [0.05, 0.1) is 0 Å². The van der Waals surface area contributed by atoms with Gasteiger partial charge in [0, 0.05) is 10.9 Å². The fourth-order valence-corrected chi connectivity index (χ4v) is 5.35. The first-order valence-corrected chi connectivity index (χ1v) is 14.3.